The molecule has 0 saturated heterocycles. The van der Waals surface area contributed by atoms with E-state index in [-0.39, 0.29) is 5.91 Å². The molecule has 0 radical (unpaired) electrons. The summed E-state index contributed by atoms with van der Waals surface area (Å²) in [6.45, 7) is 2.39. The number of aromatic nitrogens is 4. The van der Waals surface area contributed by atoms with Crippen LogP contribution in [-0.4, -0.2) is 41.8 Å². The highest BCUT2D eigenvalue weighted by Crippen LogP contribution is 2.37. The molecular weight excluding hydrogens is 306 g/mol. The van der Waals surface area contributed by atoms with E-state index < -0.39 is 6.10 Å². The van der Waals surface area contributed by atoms with Gasteiger partial charge in [-0.25, -0.2) is 4.98 Å². The molecule has 1 unspecified atom stereocenters. The molecule has 1 aliphatic heterocycles. The minimum atomic E-state index is -0.465. The van der Waals surface area contributed by atoms with Crippen LogP contribution in [0.5, 0.6) is 0 Å². The summed E-state index contributed by atoms with van der Waals surface area (Å²) in [6.07, 6.45) is 8.92. The maximum atomic E-state index is 12.5. The lowest BCUT2D eigenvalue weighted by atomic mass is 9.80. The standard InChI is InChI=1S/C17H23N5O2/c23-16(11-20-8-5-18-12-20)21-6-2-7-22-14(10-21)9-15(19-22)17(24)13-3-1-4-13/h5,8-9,12-13,17,24H,1-4,6-7,10-11H2. The van der Waals surface area contributed by atoms with Crippen molar-refractivity contribution >= 4 is 5.91 Å². The van der Waals surface area contributed by atoms with Gasteiger partial charge in [0.15, 0.2) is 0 Å². The van der Waals surface area contributed by atoms with Crippen molar-refractivity contribution in [2.75, 3.05) is 6.54 Å². The van der Waals surface area contributed by atoms with Gasteiger partial charge in [0.05, 0.1) is 24.3 Å². The van der Waals surface area contributed by atoms with Crippen LogP contribution in [0.25, 0.3) is 0 Å². The second-order valence-electron chi connectivity index (χ2n) is 6.82. The molecule has 7 heteroatoms. The number of imidazole rings is 1. The van der Waals surface area contributed by atoms with E-state index in [1.54, 1.807) is 23.3 Å². The molecule has 0 aromatic carbocycles. The molecule has 1 N–H and O–H groups in total. The summed E-state index contributed by atoms with van der Waals surface area (Å²) < 4.78 is 3.75. The van der Waals surface area contributed by atoms with Gasteiger partial charge in [0.25, 0.3) is 0 Å². The highest BCUT2D eigenvalue weighted by atomic mass is 16.3. The Hall–Kier alpha value is -2.15. The van der Waals surface area contributed by atoms with Gasteiger partial charge in [-0.05, 0) is 31.2 Å². The molecule has 2 aromatic rings. The predicted molar refractivity (Wildman–Crippen MR) is 86.8 cm³/mol. The quantitative estimate of drug-likeness (QED) is 0.918. The van der Waals surface area contributed by atoms with Crippen LogP contribution in [0, 0.1) is 5.92 Å². The number of hydrogen-bond donors (Lipinski definition) is 1. The Morgan fingerprint density at radius 1 is 1.33 bits per heavy atom. The zero-order valence-corrected chi connectivity index (χ0v) is 13.7. The number of amides is 1. The minimum absolute atomic E-state index is 0.0868. The van der Waals surface area contributed by atoms with Crippen molar-refractivity contribution in [1.29, 1.82) is 0 Å². The first-order valence-electron chi connectivity index (χ1n) is 8.69. The van der Waals surface area contributed by atoms with Crippen LogP contribution in [0.4, 0.5) is 0 Å². The fraction of sp³-hybridized carbons (Fsp3) is 0.588. The molecule has 4 rings (SSSR count). The van der Waals surface area contributed by atoms with Crippen LogP contribution in [0.3, 0.4) is 0 Å². The number of fused-ring (bicyclic) bond motifs is 1. The second-order valence-corrected chi connectivity index (χ2v) is 6.82. The molecule has 128 valence electrons. The van der Waals surface area contributed by atoms with E-state index in [2.05, 4.69) is 10.1 Å². The molecule has 1 fully saturated rings. The average molecular weight is 329 g/mol. The smallest absolute Gasteiger partial charge is 0.242 e. The Labute approximate surface area is 140 Å². The summed E-state index contributed by atoms with van der Waals surface area (Å²) in [6, 6.07) is 1.98. The molecular formula is C17H23N5O2. The van der Waals surface area contributed by atoms with Crippen LogP contribution in [0.1, 0.15) is 43.2 Å². The number of carbonyl (C=O) groups excluding carboxylic acids is 1. The van der Waals surface area contributed by atoms with Crippen LogP contribution in [-0.2, 0) is 24.4 Å². The van der Waals surface area contributed by atoms with Gasteiger partial charge in [0.2, 0.25) is 5.91 Å². The van der Waals surface area contributed by atoms with Crippen LogP contribution >= 0.6 is 0 Å². The fourth-order valence-electron chi connectivity index (χ4n) is 3.48. The summed E-state index contributed by atoms with van der Waals surface area (Å²) in [5.74, 6) is 0.437. The topological polar surface area (TPSA) is 76.2 Å². The summed E-state index contributed by atoms with van der Waals surface area (Å²) >= 11 is 0. The third kappa shape index (κ3) is 2.96. The van der Waals surface area contributed by atoms with Crippen molar-refractivity contribution in [3.05, 3.63) is 36.2 Å². The van der Waals surface area contributed by atoms with Crippen molar-refractivity contribution in [2.24, 2.45) is 5.92 Å². The molecule has 3 heterocycles. The number of carbonyl (C=O) groups is 1. The number of rotatable bonds is 4. The van der Waals surface area contributed by atoms with Crippen molar-refractivity contribution in [3.8, 4) is 0 Å². The number of hydrogen-bond acceptors (Lipinski definition) is 4. The van der Waals surface area contributed by atoms with E-state index in [1.165, 1.54) is 6.42 Å². The first-order chi connectivity index (χ1) is 11.7. The largest absolute Gasteiger partial charge is 0.386 e. The van der Waals surface area contributed by atoms with Gasteiger partial charge >= 0.3 is 0 Å². The maximum absolute atomic E-state index is 12.5. The van der Waals surface area contributed by atoms with Crippen LogP contribution < -0.4 is 0 Å². The van der Waals surface area contributed by atoms with Gasteiger partial charge in [0.1, 0.15) is 12.6 Å². The summed E-state index contributed by atoms with van der Waals surface area (Å²) in [5.41, 5.74) is 1.78. The highest BCUT2D eigenvalue weighted by Gasteiger charge is 2.30. The molecule has 2 aliphatic rings. The Morgan fingerprint density at radius 2 is 2.21 bits per heavy atom. The van der Waals surface area contributed by atoms with E-state index in [0.717, 1.165) is 43.7 Å². The lowest BCUT2D eigenvalue weighted by Crippen LogP contribution is -2.33. The number of nitrogens with zero attached hydrogens (tertiary/aromatic N) is 5. The summed E-state index contributed by atoms with van der Waals surface area (Å²) in [5, 5.41) is 15.0. The Balaban J connectivity index is 1.47. The van der Waals surface area contributed by atoms with E-state index in [0.29, 0.717) is 19.0 Å². The third-order valence-electron chi connectivity index (χ3n) is 5.16. The van der Waals surface area contributed by atoms with Gasteiger partial charge in [-0.1, -0.05) is 6.42 Å². The normalized spacial score (nSPS) is 19.5. The van der Waals surface area contributed by atoms with Gasteiger partial charge in [-0.15, -0.1) is 0 Å². The molecule has 1 aliphatic carbocycles. The molecule has 1 amide bonds. The van der Waals surface area contributed by atoms with Crippen molar-refractivity contribution in [3.63, 3.8) is 0 Å². The SMILES string of the molecule is O=C(Cn1ccnc1)N1CCCn2nc(C(O)C3CCC3)cc2C1. The van der Waals surface area contributed by atoms with Crippen molar-refractivity contribution < 1.29 is 9.90 Å². The molecule has 7 nitrogen and oxygen atoms in total. The van der Waals surface area contributed by atoms with E-state index >= 15 is 0 Å². The molecule has 0 bridgehead atoms. The molecule has 0 spiro atoms. The third-order valence-corrected chi connectivity index (χ3v) is 5.16. The zero-order chi connectivity index (χ0) is 16.5. The monoisotopic (exact) mass is 329 g/mol. The molecule has 2 aromatic heterocycles. The van der Waals surface area contributed by atoms with Crippen LogP contribution in [0.2, 0.25) is 0 Å². The predicted octanol–water partition coefficient (Wildman–Crippen LogP) is 1.35. The first kappa shape index (κ1) is 15.4. The molecule has 1 saturated carbocycles. The maximum Gasteiger partial charge on any atom is 0.242 e. The van der Waals surface area contributed by atoms with E-state index in [1.807, 2.05) is 15.6 Å². The number of aryl methyl sites for hydroxylation is 1. The van der Waals surface area contributed by atoms with Crippen molar-refractivity contribution in [2.45, 2.75) is 51.4 Å². The Morgan fingerprint density at radius 3 is 2.92 bits per heavy atom. The fourth-order valence-corrected chi connectivity index (χ4v) is 3.48. The van der Waals surface area contributed by atoms with Crippen LogP contribution in [0.15, 0.2) is 24.8 Å². The lowest BCUT2D eigenvalue weighted by Gasteiger charge is -2.29. The van der Waals surface area contributed by atoms with E-state index in [4.69, 9.17) is 0 Å². The number of aliphatic hydroxyl groups is 1. The van der Waals surface area contributed by atoms with Gasteiger partial charge in [-0.2, -0.15) is 5.10 Å². The van der Waals surface area contributed by atoms with Gasteiger partial charge in [0, 0.05) is 25.5 Å². The zero-order valence-electron chi connectivity index (χ0n) is 13.7. The Bertz CT molecular complexity index is 705. The minimum Gasteiger partial charge on any atom is -0.386 e. The average Bonchev–Trinajstić information content (AvgIpc) is 3.11. The Kier molecular flexibility index (Phi) is 4.10. The second kappa shape index (κ2) is 6.39. The first-order valence-corrected chi connectivity index (χ1v) is 8.69. The summed E-state index contributed by atoms with van der Waals surface area (Å²) in [4.78, 5) is 18.4. The lowest BCUT2D eigenvalue weighted by molar-refractivity contribution is -0.132. The molecule has 24 heavy (non-hydrogen) atoms. The van der Waals surface area contributed by atoms with E-state index in [9.17, 15) is 9.90 Å². The van der Waals surface area contributed by atoms with Gasteiger partial charge < -0.3 is 14.6 Å². The highest BCUT2D eigenvalue weighted by molar-refractivity contribution is 5.76. The molecule has 1 atom stereocenters. The van der Waals surface area contributed by atoms with Crippen molar-refractivity contribution in [1.82, 2.24) is 24.2 Å². The number of aliphatic hydroxyl groups excluding tert-OH is 1. The van der Waals surface area contributed by atoms with Gasteiger partial charge in [-0.3, -0.25) is 9.48 Å². The summed E-state index contributed by atoms with van der Waals surface area (Å²) in [7, 11) is 0.